The number of halogens is 3. The molecule has 2 amide bonds. The Hall–Kier alpha value is -3.03. The summed E-state index contributed by atoms with van der Waals surface area (Å²) in [5.74, 6) is -5.28. The second-order valence-electron chi connectivity index (χ2n) is 4.60. The largest absolute Gasteiger partial charge is 0.450 e. The van der Waals surface area contributed by atoms with E-state index in [1.807, 2.05) is 0 Å². The van der Waals surface area contributed by atoms with Crippen LogP contribution in [0.2, 0.25) is 0 Å². The highest BCUT2D eigenvalue weighted by atomic mass is 19.2. The molecule has 0 aromatic heterocycles. The average Bonchev–Trinajstić information content (AvgIpc) is 2.56. The van der Waals surface area contributed by atoms with Crippen molar-refractivity contribution >= 4 is 23.4 Å². The van der Waals surface area contributed by atoms with Crippen LogP contribution in [0.15, 0.2) is 36.4 Å². The first kappa shape index (κ1) is 17.3. The van der Waals surface area contributed by atoms with E-state index in [2.05, 4.69) is 10.6 Å². The van der Waals surface area contributed by atoms with Gasteiger partial charge in [-0.05, 0) is 37.3 Å². The molecule has 126 valence electrons. The third-order valence-electron chi connectivity index (χ3n) is 2.93. The first-order valence-corrected chi connectivity index (χ1v) is 6.91. The molecular weight excluding hydrogens is 325 g/mol. The maximum atomic E-state index is 13.6. The van der Waals surface area contributed by atoms with E-state index < -0.39 is 35.1 Å². The summed E-state index contributed by atoms with van der Waals surface area (Å²) < 4.78 is 44.3. The molecule has 0 aliphatic heterocycles. The maximum absolute atomic E-state index is 13.6. The summed E-state index contributed by atoms with van der Waals surface area (Å²) in [7, 11) is 0. The van der Waals surface area contributed by atoms with Gasteiger partial charge in [-0.25, -0.2) is 18.0 Å². The van der Waals surface area contributed by atoms with Crippen LogP contribution < -0.4 is 10.6 Å². The third-order valence-corrected chi connectivity index (χ3v) is 2.93. The molecule has 0 aliphatic rings. The van der Waals surface area contributed by atoms with E-state index >= 15 is 0 Å². The van der Waals surface area contributed by atoms with Gasteiger partial charge in [0.15, 0.2) is 17.5 Å². The van der Waals surface area contributed by atoms with Crippen molar-refractivity contribution in [3.05, 3.63) is 59.4 Å². The molecule has 0 saturated heterocycles. The lowest BCUT2D eigenvalue weighted by atomic mass is 10.1. The van der Waals surface area contributed by atoms with E-state index in [-0.39, 0.29) is 17.9 Å². The van der Waals surface area contributed by atoms with Gasteiger partial charge >= 0.3 is 6.09 Å². The fraction of sp³-hybridized carbons (Fsp3) is 0.125. The predicted molar refractivity (Wildman–Crippen MR) is 81.4 cm³/mol. The van der Waals surface area contributed by atoms with Gasteiger partial charge in [-0.2, -0.15) is 0 Å². The number of hydrogen-bond acceptors (Lipinski definition) is 3. The van der Waals surface area contributed by atoms with Crippen LogP contribution in [0, 0.1) is 17.5 Å². The molecule has 0 aliphatic carbocycles. The minimum atomic E-state index is -1.68. The Bertz CT molecular complexity index is 781. The molecule has 5 nitrogen and oxygen atoms in total. The number of carbonyl (C=O) groups is 2. The summed E-state index contributed by atoms with van der Waals surface area (Å²) >= 11 is 0. The first-order valence-electron chi connectivity index (χ1n) is 6.91. The summed E-state index contributed by atoms with van der Waals surface area (Å²) in [5.41, 5.74) is -0.136. The van der Waals surface area contributed by atoms with Crippen LogP contribution >= 0.6 is 0 Å². The van der Waals surface area contributed by atoms with E-state index in [9.17, 15) is 22.8 Å². The summed E-state index contributed by atoms with van der Waals surface area (Å²) in [4.78, 5) is 23.4. The Morgan fingerprint density at radius 1 is 1.04 bits per heavy atom. The minimum absolute atomic E-state index is 0.0773. The second kappa shape index (κ2) is 7.49. The number of carbonyl (C=O) groups excluding carboxylic acids is 2. The van der Waals surface area contributed by atoms with Crippen LogP contribution in [0.5, 0.6) is 0 Å². The molecule has 2 aromatic rings. The van der Waals surface area contributed by atoms with Gasteiger partial charge in [-0.15, -0.1) is 0 Å². The van der Waals surface area contributed by atoms with Crippen molar-refractivity contribution in [3.8, 4) is 0 Å². The minimum Gasteiger partial charge on any atom is -0.450 e. The predicted octanol–water partition coefficient (Wildman–Crippen LogP) is 3.92. The summed E-state index contributed by atoms with van der Waals surface area (Å²) in [6.45, 7) is 1.82. The molecule has 0 fully saturated rings. The average molecular weight is 338 g/mol. The van der Waals surface area contributed by atoms with Crippen molar-refractivity contribution in [1.29, 1.82) is 0 Å². The first-order chi connectivity index (χ1) is 11.4. The Morgan fingerprint density at radius 3 is 2.50 bits per heavy atom. The zero-order chi connectivity index (χ0) is 17.7. The molecule has 0 unspecified atom stereocenters. The molecular formula is C16H13F3N2O3. The number of nitrogens with one attached hydrogen (secondary N) is 2. The Kier molecular flexibility index (Phi) is 5.41. The molecule has 2 rings (SSSR count). The highest BCUT2D eigenvalue weighted by molar-refractivity contribution is 6.05. The maximum Gasteiger partial charge on any atom is 0.411 e. The van der Waals surface area contributed by atoms with E-state index in [4.69, 9.17) is 4.74 Å². The molecule has 0 spiro atoms. The number of rotatable bonds is 4. The van der Waals surface area contributed by atoms with Crippen molar-refractivity contribution in [2.45, 2.75) is 6.92 Å². The zero-order valence-corrected chi connectivity index (χ0v) is 12.5. The third kappa shape index (κ3) is 4.03. The second-order valence-corrected chi connectivity index (χ2v) is 4.60. The van der Waals surface area contributed by atoms with Crippen LogP contribution in [0.3, 0.4) is 0 Å². The van der Waals surface area contributed by atoms with E-state index in [1.54, 1.807) is 6.92 Å². The Balaban J connectivity index is 2.16. The van der Waals surface area contributed by atoms with Crippen LogP contribution in [0.25, 0.3) is 0 Å². The van der Waals surface area contributed by atoms with Gasteiger partial charge in [0.25, 0.3) is 5.91 Å². The van der Waals surface area contributed by atoms with Crippen LogP contribution in [-0.4, -0.2) is 18.6 Å². The summed E-state index contributed by atoms with van der Waals surface area (Å²) in [5, 5.41) is 4.54. The van der Waals surface area contributed by atoms with Crippen molar-refractivity contribution in [2.75, 3.05) is 17.2 Å². The highest BCUT2D eigenvalue weighted by Gasteiger charge is 2.16. The van der Waals surface area contributed by atoms with Crippen LogP contribution in [0.4, 0.5) is 29.3 Å². The molecule has 0 atom stereocenters. The Labute approximate surface area is 135 Å². The number of hydrogen-bond donors (Lipinski definition) is 2. The van der Waals surface area contributed by atoms with Crippen molar-refractivity contribution in [2.24, 2.45) is 0 Å². The monoisotopic (exact) mass is 338 g/mol. The molecule has 0 bridgehead atoms. The zero-order valence-electron chi connectivity index (χ0n) is 12.5. The SMILES string of the molecule is CCOC(=O)Nc1cccc(C(=O)Nc2ccc(F)c(F)c2F)c1. The molecule has 2 aromatic carbocycles. The summed E-state index contributed by atoms with van der Waals surface area (Å²) in [6.07, 6.45) is -0.693. The number of amides is 2. The van der Waals surface area contributed by atoms with Crippen LogP contribution in [0.1, 0.15) is 17.3 Å². The van der Waals surface area contributed by atoms with Gasteiger partial charge in [0.1, 0.15) is 0 Å². The molecule has 0 saturated carbocycles. The fourth-order valence-electron chi connectivity index (χ4n) is 1.84. The number of ether oxygens (including phenoxy) is 1. The van der Waals surface area contributed by atoms with Crippen molar-refractivity contribution in [1.82, 2.24) is 0 Å². The van der Waals surface area contributed by atoms with Gasteiger partial charge in [0.05, 0.1) is 12.3 Å². The molecule has 2 N–H and O–H groups in total. The van der Waals surface area contributed by atoms with Gasteiger partial charge in [0.2, 0.25) is 0 Å². The quantitative estimate of drug-likeness (QED) is 0.830. The van der Waals surface area contributed by atoms with Gasteiger partial charge in [-0.3, -0.25) is 10.1 Å². The van der Waals surface area contributed by atoms with E-state index in [1.165, 1.54) is 24.3 Å². The lowest BCUT2D eigenvalue weighted by molar-refractivity contribution is 0.102. The number of benzene rings is 2. The van der Waals surface area contributed by atoms with Crippen molar-refractivity contribution in [3.63, 3.8) is 0 Å². The normalized spacial score (nSPS) is 10.2. The highest BCUT2D eigenvalue weighted by Crippen LogP contribution is 2.21. The van der Waals surface area contributed by atoms with Gasteiger partial charge in [-0.1, -0.05) is 6.07 Å². The van der Waals surface area contributed by atoms with Gasteiger partial charge < -0.3 is 10.1 Å². The molecule has 8 heteroatoms. The molecule has 24 heavy (non-hydrogen) atoms. The lowest BCUT2D eigenvalue weighted by Crippen LogP contribution is -2.16. The van der Waals surface area contributed by atoms with Crippen molar-refractivity contribution < 1.29 is 27.5 Å². The molecule has 0 radical (unpaired) electrons. The van der Waals surface area contributed by atoms with Crippen LogP contribution in [-0.2, 0) is 4.74 Å². The topological polar surface area (TPSA) is 67.4 Å². The van der Waals surface area contributed by atoms with Gasteiger partial charge in [0, 0.05) is 11.3 Å². The smallest absolute Gasteiger partial charge is 0.411 e. The summed E-state index contributed by atoms with van der Waals surface area (Å²) in [6, 6.07) is 7.34. The standard InChI is InChI=1S/C16H13F3N2O3/c1-2-24-16(23)20-10-5-3-4-9(8-10)15(22)21-12-7-6-11(17)13(18)14(12)19/h3-8H,2H2,1H3,(H,20,23)(H,21,22). The Morgan fingerprint density at radius 2 is 1.79 bits per heavy atom. The number of anilines is 2. The fourth-order valence-corrected chi connectivity index (χ4v) is 1.84. The van der Waals surface area contributed by atoms with E-state index in [0.717, 1.165) is 6.07 Å². The van der Waals surface area contributed by atoms with E-state index in [0.29, 0.717) is 6.07 Å². The lowest BCUT2D eigenvalue weighted by Gasteiger charge is -2.09. The molecule has 0 heterocycles.